The Balaban J connectivity index is 2.05. The van der Waals surface area contributed by atoms with Crippen LogP contribution < -0.4 is 5.32 Å². The molecule has 2 aromatic rings. The van der Waals surface area contributed by atoms with Crippen molar-refractivity contribution in [2.24, 2.45) is 0 Å². The molecule has 108 valence electrons. The lowest BCUT2D eigenvalue weighted by molar-refractivity contribution is 0.199. The van der Waals surface area contributed by atoms with E-state index in [4.69, 9.17) is 9.15 Å². The Labute approximate surface area is 121 Å². The first-order chi connectivity index (χ1) is 9.81. The van der Waals surface area contributed by atoms with E-state index in [-0.39, 0.29) is 0 Å². The van der Waals surface area contributed by atoms with Gasteiger partial charge in [0.15, 0.2) is 0 Å². The number of rotatable bonds is 8. The van der Waals surface area contributed by atoms with Crippen molar-refractivity contribution >= 4 is 0 Å². The SMILES string of the molecule is COCCNCC(Cc1ccco1)c1ccccc1C. The highest BCUT2D eigenvalue weighted by atomic mass is 16.5. The molecular weight excluding hydrogens is 250 g/mol. The van der Waals surface area contributed by atoms with Gasteiger partial charge in [0.2, 0.25) is 0 Å². The average molecular weight is 273 g/mol. The molecule has 0 bridgehead atoms. The monoisotopic (exact) mass is 273 g/mol. The van der Waals surface area contributed by atoms with Gasteiger partial charge in [0, 0.05) is 32.5 Å². The van der Waals surface area contributed by atoms with Gasteiger partial charge in [-0.3, -0.25) is 0 Å². The molecular formula is C17H23NO2. The Morgan fingerprint density at radius 1 is 1.20 bits per heavy atom. The van der Waals surface area contributed by atoms with Crippen LogP contribution in [0.3, 0.4) is 0 Å². The van der Waals surface area contributed by atoms with Gasteiger partial charge in [-0.2, -0.15) is 0 Å². The van der Waals surface area contributed by atoms with E-state index < -0.39 is 0 Å². The third-order valence-corrected chi connectivity index (χ3v) is 3.53. The quantitative estimate of drug-likeness (QED) is 0.750. The third kappa shape index (κ3) is 4.22. The zero-order valence-corrected chi connectivity index (χ0v) is 12.3. The van der Waals surface area contributed by atoms with Gasteiger partial charge in [0.1, 0.15) is 5.76 Å². The van der Waals surface area contributed by atoms with E-state index in [2.05, 4.69) is 36.5 Å². The fourth-order valence-corrected chi connectivity index (χ4v) is 2.46. The van der Waals surface area contributed by atoms with Crippen LogP contribution >= 0.6 is 0 Å². The summed E-state index contributed by atoms with van der Waals surface area (Å²) in [5.74, 6) is 1.45. The Morgan fingerprint density at radius 3 is 2.75 bits per heavy atom. The Morgan fingerprint density at radius 2 is 2.05 bits per heavy atom. The zero-order valence-electron chi connectivity index (χ0n) is 12.3. The van der Waals surface area contributed by atoms with Gasteiger partial charge in [-0.15, -0.1) is 0 Å². The van der Waals surface area contributed by atoms with Gasteiger partial charge in [0.25, 0.3) is 0 Å². The molecule has 1 aromatic carbocycles. The van der Waals surface area contributed by atoms with Crippen LogP contribution in [0.4, 0.5) is 0 Å². The standard InChI is InChI=1S/C17H23NO2/c1-14-6-3-4-8-17(14)15(13-18-9-11-19-2)12-16-7-5-10-20-16/h3-8,10,15,18H,9,11-13H2,1-2H3. The lowest BCUT2D eigenvalue weighted by atomic mass is 9.91. The summed E-state index contributed by atoms with van der Waals surface area (Å²) < 4.78 is 10.6. The summed E-state index contributed by atoms with van der Waals surface area (Å²) in [6, 6.07) is 12.6. The second-order valence-electron chi connectivity index (χ2n) is 5.03. The summed E-state index contributed by atoms with van der Waals surface area (Å²) >= 11 is 0. The van der Waals surface area contributed by atoms with Crippen molar-refractivity contribution in [2.45, 2.75) is 19.3 Å². The van der Waals surface area contributed by atoms with Gasteiger partial charge in [0.05, 0.1) is 12.9 Å². The molecule has 0 aliphatic carbocycles. The molecule has 1 N–H and O–H groups in total. The molecule has 0 saturated carbocycles. The van der Waals surface area contributed by atoms with Crippen LogP contribution in [-0.4, -0.2) is 26.8 Å². The largest absolute Gasteiger partial charge is 0.469 e. The molecule has 3 nitrogen and oxygen atoms in total. The second kappa shape index (κ2) is 7.88. The number of benzene rings is 1. The van der Waals surface area contributed by atoms with Crippen molar-refractivity contribution in [2.75, 3.05) is 26.8 Å². The number of hydrogen-bond acceptors (Lipinski definition) is 3. The normalized spacial score (nSPS) is 12.5. The summed E-state index contributed by atoms with van der Waals surface area (Å²) in [6.07, 6.45) is 2.65. The van der Waals surface area contributed by atoms with Crippen molar-refractivity contribution in [3.63, 3.8) is 0 Å². The summed E-state index contributed by atoms with van der Waals surface area (Å²) in [4.78, 5) is 0. The number of hydrogen-bond donors (Lipinski definition) is 1. The Hall–Kier alpha value is -1.58. The van der Waals surface area contributed by atoms with Gasteiger partial charge in [-0.25, -0.2) is 0 Å². The molecule has 1 heterocycles. The molecule has 0 saturated heterocycles. The molecule has 2 rings (SSSR count). The molecule has 0 spiro atoms. The number of nitrogens with one attached hydrogen (secondary N) is 1. The third-order valence-electron chi connectivity index (χ3n) is 3.53. The van der Waals surface area contributed by atoms with E-state index in [0.29, 0.717) is 5.92 Å². The fourth-order valence-electron chi connectivity index (χ4n) is 2.46. The summed E-state index contributed by atoms with van der Waals surface area (Å²) in [7, 11) is 1.73. The molecule has 1 unspecified atom stereocenters. The molecule has 0 aliphatic heterocycles. The molecule has 0 aliphatic rings. The Bertz CT molecular complexity index is 493. The van der Waals surface area contributed by atoms with E-state index in [1.54, 1.807) is 13.4 Å². The van der Waals surface area contributed by atoms with E-state index in [9.17, 15) is 0 Å². The summed E-state index contributed by atoms with van der Waals surface area (Å²) in [5, 5.41) is 3.46. The first-order valence-electron chi connectivity index (χ1n) is 7.09. The van der Waals surface area contributed by atoms with E-state index in [1.807, 2.05) is 12.1 Å². The van der Waals surface area contributed by atoms with Crippen molar-refractivity contribution in [1.82, 2.24) is 5.32 Å². The lowest BCUT2D eigenvalue weighted by Gasteiger charge is -2.19. The van der Waals surface area contributed by atoms with Crippen LogP contribution in [0.5, 0.6) is 0 Å². The highest BCUT2D eigenvalue weighted by Gasteiger charge is 2.15. The number of ether oxygens (including phenoxy) is 1. The van der Waals surface area contributed by atoms with Gasteiger partial charge < -0.3 is 14.5 Å². The first kappa shape index (κ1) is 14.8. The minimum absolute atomic E-state index is 0.416. The van der Waals surface area contributed by atoms with Gasteiger partial charge in [-0.05, 0) is 30.2 Å². The maximum atomic E-state index is 5.50. The number of furan rings is 1. The van der Waals surface area contributed by atoms with Crippen LogP contribution in [0.15, 0.2) is 47.1 Å². The molecule has 20 heavy (non-hydrogen) atoms. The van der Waals surface area contributed by atoms with Crippen LogP contribution in [0.25, 0.3) is 0 Å². The van der Waals surface area contributed by atoms with E-state index in [1.165, 1.54) is 11.1 Å². The predicted octanol–water partition coefficient (Wildman–Crippen LogP) is 3.15. The molecule has 0 radical (unpaired) electrons. The van der Waals surface area contributed by atoms with Crippen LogP contribution in [0.2, 0.25) is 0 Å². The Kier molecular flexibility index (Phi) is 5.84. The molecule has 0 amide bonds. The van der Waals surface area contributed by atoms with Crippen LogP contribution in [-0.2, 0) is 11.2 Å². The van der Waals surface area contributed by atoms with Crippen LogP contribution in [0.1, 0.15) is 22.8 Å². The number of methoxy groups -OCH3 is 1. The highest BCUT2D eigenvalue weighted by molar-refractivity contribution is 5.30. The van der Waals surface area contributed by atoms with Gasteiger partial charge >= 0.3 is 0 Å². The van der Waals surface area contributed by atoms with Crippen molar-refractivity contribution in [3.8, 4) is 0 Å². The van der Waals surface area contributed by atoms with Crippen molar-refractivity contribution in [1.29, 1.82) is 0 Å². The van der Waals surface area contributed by atoms with Crippen LogP contribution in [0, 0.1) is 6.92 Å². The molecule has 0 fully saturated rings. The zero-order chi connectivity index (χ0) is 14.2. The maximum absolute atomic E-state index is 5.50. The lowest BCUT2D eigenvalue weighted by Crippen LogP contribution is -2.26. The molecule has 1 aromatic heterocycles. The smallest absolute Gasteiger partial charge is 0.104 e. The highest BCUT2D eigenvalue weighted by Crippen LogP contribution is 2.23. The summed E-state index contributed by atoms with van der Waals surface area (Å²) in [6.45, 7) is 4.70. The second-order valence-corrected chi connectivity index (χ2v) is 5.03. The average Bonchev–Trinajstić information content (AvgIpc) is 2.96. The summed E-state index contributed by atoms with van der Waals surface area (Å²) in [5.41, 5.74) is 2.71. The minimum atomic E-state index is 0.416. The first-order valence-corrected chi connectivity index (χ1v) is 7.09. The van der Waals surface area contributed by atoms with Gasteiger partial charge in [-0.1, -0.05) is 24.3 Å². The van der Waals surface area contributed by atoms with Crippen molar-refractivity contribution < 1.29 is 9.15 Å². The minimum Gasteiger partial charge on any atom is -0.469 e. The van der Waals surface area contributed by atoms with E-state index in [0.717, 1.165) is 31.9 Å². The maximum Gasteiger partial charge on any atom is 0.104 e. The number of aryl methyl sites for hydroxylation is 1. The fraction of sp³-hybridized carbons (Fsp3) is 0.412. The molecule has 3 heteroatoms. The molecule has 1 atom stereocenters. The van der Waals surface area contributed by atoms with E-state index >= 15 is 0 Å². The predicted molar refractivity (Wildman–Crippen MR) is 81.1 cm³/mol. The van der Waals surface area contributed by atoms with Crippen molar-refractivity contribution in [3.05, 3.63) is 59.5 Å². The topological polar surface area (TPSA) is 34.4 Å².